The third-order valence-corrected chi connectivity index (χ3v) is 7.96. The molecule has 2 aliphatic heterocycles. The number of fused-ring (bicyclic) bond motifs is 1. The largest absolute Gasteiger partial charge is 0.490 e. The van der Waals surface area contributed by atoms with Crippen LogP contribution in [0.4, 0.5) is 0 Å². The number of hydrazone groups is 1. The number of nitrogens with zero attached hydrogens (tertiary/aromatic N) is 3. The normalized spacial score (nSPS) is 16.6. The number of amides is 1. The molecule has 0 aliphatic carbocycles. The molecule has 0 fully saturated rings. The maximum atomic E-state index is 12.6. The minimum atomic E-state index is -3.62. The molecule has 1 amide bonds. The summed E-state index contributed by atoms with van der Waals surface area (Å²) in [5.41, 5.74) is 0.784. The van der Waals surface area contributed by atoms with Gasteiger partial charge in [-0.2, -0.15) is 10.0 Å². The zero-order chi connectivity index (χ0) is 25.2. The van der Waals surface area contributed by atoms with Crippen molar-refractivity contribution in [2.45, 2.75) is 13.8 Å². The molecule has 180 valence electrons. The highest BCUT2D eigenvalue weighted by molar-refractivity contribution is 8.42. The fraction of sp³-hybridized carbons (Fsp3) is 0.174. The topological polar surface area (TPSA) is 139 Å². The van der Waals surface area contributed by atoms with Gasteiger partial charge in [-0.3, -0.25) is 10.2 Å². The Morgan fingerprint density at radius 1 is 1.14 bits per heavy atom. The van der Waals surface area contributed by atoms with Crippen LogP contribution in [0.15, 0.2) is 64.2 Å². The fourth-order valence-electron chi connectivity index (χ4n) is 3.09. The van der Waals surface area contributed by atoms with Crippen molar-refractivity contribution < 1.29 is 27.5 Å². The van der Waals surface area contributed by atoms with Gasteiger partial charge in [-0.1, -0.05) is 31.2 Å². The van der Waals surface area contributed by atoms with Crippen molar-refractivity contribution in [1.82, 2.24) is 5.01 Å². The van der Waals surface area contributed by atoms with Crippen molar-refractivity contribution in [1.29, 1.82) is 5.41 Å². The van der Waals surface area contributed by atoms with E-state index in [0.29, 0.717) is 17.7 Å². The number of rotatable bonds is 6. The number of nitrogens with one attached hydrogen (secondary N) is 1. The highest BCUT2D eigenvalue weighted by Gasteiger charge is 2.39. The van der Waals surface area contributed by atoms with Crippen LogP contribution in [-0.2, 0) is 14.6 Å². The maximum absolute atomic E-state index is 12.6. The summed E-state index contributed by atoms with van der Waals surface area (Å²) in [6.07, 6.45) is 1.42. The molecule has 0 radical (unpaired) electrons. The number of ether oxygens (including phenoxy) is 2. The highest BCUT2D eigenvalue weighted by atomic mass is 32.3. The van der Waals surface area contributed by atoms with Crippen LogP contribution in [0.1, 0.15) is 29.8 Å². The van der Waals surface area contributed by atoms with E-state index in [1.807, 2.05) is 0 Å². The fourth-order valence-corrected chi connectivity index (χ4v) is 5.25. The van der Waals surface area contributed by atoms with Crippen LogP contribution < -0.4 is 9.47 Å². The molecule has 0 bridgehead atoms. The standard InChI is InChI=1S/C23H20N4O6S2/c1-3-32-18-13-14(10-11-17(18)33-21(29)15-8-6-5-7-9-15)12-16-19(24)27-22(25-20(16)28)34-23(26-27)35(30,31)4-2/h5-13,24H,3-4H2,1-2H3/b16-12+,24-19?. The van der Waals surface area contributed by atoms with Gasteiger partial charge in [-0.05, 0) is 54.6 Å². The van der Waals surface area contributed by atoms with Crippen LogP contribution in [0.5, 0.6) is 11.5 Å². The van der Waals surface area contributed by atoms with Gasteiger partial charge >= 0.3 is 5.97 Å². The number of hydrogen-bond acceptors (Lipinski definition) is 9. The summed E-state index contributed by atoms with van der Waals surface area (Å²) in [7, 11) is -3.62. The lowest BCUT2D eigenvalue weighted by atomic mass is 10.1. The van der Waals surface area contributed by atoms with Gasteiger partial charge in [0.2, 0.25) is 19.4 Å². The van der Waals surface area contributed by atoms with Crippen molar-refractivity contribution >= 4 is 54.9 Å². The molecule has 1 N–H and O–H groups in total. The van der Waals surface area contributed by atoms with Crippen molar-refractivity contribution in [3.63, 3.8) is 0 Å². The number of aliphatic imine (C=N–C) groups is 1. The molecule has 2 aromatic carbocycles. The first kappa shape index (κ1) is 24.4. The quantitative estimate of drug-likeness (QED) is 0.353. The minimum Gasteiger partial charge on any atom is -0.490 e. The molecular weight excluding hydrogens is 492 g/mol. The second kappa shape index (κ2) is 9.84. The Labute approximate surface area is 205 Å². The lowest BCUT2D eigenvalue weighted by molar-refractivity contribution is -0.114. The van der Waals surface area contributed by atoms with Gasteiger partial charge in [0.1, 0.15) is 0 Å². The Balaban J connectivity index is 1.63. The Bertz CT molecular complexity index is 1410. The first-order valence-electron chi connectivity index (χ1n) is 10.5. The zero-order valence-corrected chi connectivity index (χ0v) is 20.4. The Morgan fingerprint density at radius 3 is 2.57 bits per heavy atom. The monoisotopic (exact) mass is 512 g/mol. The molecule has 35 heavy (non-hydrogen) atoms. The average molecular weight is 513 g/mol. The predicted octanol–water partition coefficient (Wildman–Crippen LogP) is 3.32. The number of carbonyl (C=O) groups is 2. The van der Waals surface area contributed by atoms with E-state index >= 15 is 0 Å². The molecule has 2 aliphatic rings. The van der Waals surface area contributed by atoms with Crippen molar-refractivity contribution in [3.05, 3.63) is 65.2 Å². The number of hydrogen-bond donors (Lipinski definition) is 1. The summed E-state index contributed by atoms with van der Waals surface area (Å²) in [5, 5.41) is 13.4. The van der Waals surface area contributed by atoms with Crippen LogP contribution in [0.25, 0.3) is 6.08 Å². The Hall–Kier alpha value is -3.77. The highest BCUT2D eigenvalue weighted by Crippen LogP contribution is 2.33. The number of thioether (sulfide) groups is 1. The molecule has 2 heterocycles. The third kappa shape index (κ3) is 5.03. The van der Waals surface area contributed by atoms with E-state index in [0.717, 1.165) is 16.8 Å². The van der Waals surface area contributed by atoms with Crippen molar-refractivity contribution in [2.24, 2.45) is 10.1 Å². The molecule has 0 saturated heterocycles. The first-order chi connectivity index (χ1) is 16.7. The van der Waals surface area contributed by atoms with E-state index in [4.69, 9.17) is 14.9 Å². The molecule has 0 spiro atoms. The van der Waals surface area contributed by atoms with Gasteiger partial charge < -0.3 is 9.47 Å². The maximum Gasteiger partial charge on any atom is 0.343 e. The summed E-state index contributed by atoms with van der Waals surface area (Å²) < 4.78 is 35.2. The summed E-state index contributed by atoms with van der Waals surface area (Å²) in [5.74, 6) is -1.24. The van der Waals surface area contributed by atoms with Crippen LogP contribution in [0.3, 0.4) is 0 Å². The molecule has 12 heteroatoms. The summed E-state index contributed by atoms with van der Waals surface area (Å²) in [6, 6.07) is 13.2. The number of sulfone groups is 1. The summed E-state index contributed by atoms with van der Waals surface area (Å²) in [4.78, 5) is 29.0. The number of amidine groups is 2. The van der Waals surface area contributed by atoms with Crippen LogP contribution >= 0.6 is 11.8 Å². The van der Waals surface area contributed by atoms with E-state index < -0.39 is 21.7 Å². The summed E-state index contributed by atoms with van der Waals surface area (Å²) in [6.45, 7) is 3.55. The van der Waals surface area contributed by atoms with Crippen molar-refractivity contribution in [2.75, 3.05) is 12.4 Å². The van der Waals surface area contributed by atoms with Gasteiger partial charge in [-0.15, -0.1) is 5.10 Å². The van der Waals surface area contributed by atoms with Gasteiger partial charge in [0.15, 0.2) is 17.3 Å². The Morgan fingerprint density at radius 2 is 1.89 bits per heavy atom. The lowest BCUT2D eigenvalue weighted by Gasteiger charge is -2.20. The van der Waals surface area contributed by atoms with E-state index in [1.54, 1.807) is 49.4 Å². The molecule has 0 atom stereocenters. The molecule has 10 nitrogen and oxygen atoms in total. The van der Waals surface area contributed by atoms with Gasteiger partial charge in [-0.25, -0.2) is 13.2 Å². The van der Waals surface area contributed by atoms with E-state index in [1.165, 1.54) is 19.1 Å². The molecule has 4 rings (SSSR count). The van der Waals surface area contributed by atoms with Crippen LogP contribution in [0.2, 0.25) is 0 Å². The average Bonchev–Trinajstić information content (AvgIpc) is 3.29. The first-order valence-corrected chi connectivity index (χ1v) is 13.0. The van der Waals surface area contributed by atoms with Crippen molar-refractivity contribution in [3.8, 4) is 11.5 Å². The van der Waals surface area contributed by atoms with Gasteiger partial charge in [0, 0.05) is 0 Å². The smallest absolute Gasteiger partial charge is 0.343 e. The molecule has 2 aromatic rings. The minimum absolute atomic E-state index is 0.0161. The SMILES string of the molecule is CCOc1cc(/C=C2\C(=N)N3N=C(S(=O)(=O)CC)SC3=NC2=O)ccc1OC(=O)c1ccccc1. The van der Waals surface area contributed by atoms with E-state index in [2.05, 4.69) is 10.1 Å². The number of benzene rings is 2. The van der Waals surface area contributed by atoms with Crippen LogP contribution in [0, 0.1) is 5.41 Å². The second-order valence-corrected chi connectivity index (χ2v) is 10.6. The number of esters is 1. The number of carbonyl (C=O) groups excluding carboxylic acids is 2. The summed E-state index contributed by atoms with van der Waals surface area (Å²) >= 11 is 0.737. The van der Waals surface area contributed by atoms with Gasteiger partial charge in [0.05, 0.1) is 23.5 Å². The van der Waals surface area contributed by atoms with E-state index in [9.17, 15) is 18.0 Å². The van der Waals surface area contributed by atoms with E-state index in [-0.39, 0.29) is 38.2 Å². The second-order valence-electron chi connectivity index (χ2n) is 7.18. The lowest BCUT2D eigenvalue weighted by Crippen LogP contribution is -2.35. The third-order valence-electron chi connectivity index (χ3n) is 4.87. The molecule has 0 unspecified atom stereocenters. The Kier molecular flexibility index (Phi) is 6.85. The van der Waals surface area contributed by atoms with Gasteiger partial charge in [0.25, 0.3) is 5.91 Å². The van der Waals surface area contributed by atoms with Crippen LogP contribution in [-0.4, -0.2) is 53.0 Å². The predicted molar refractivity (Wildman–Crippen MR) is 133 cm³/mol. The molecule has 0 aromatic heterocycles. The molecular formula is C23H20N4O6S2. The zero-order valence-electron chi connectivity index (χ0n) is 18.7. The molecule has 0 saturated carbocycles.